The van der Waals surface area contributed by atoms with Gasteiger partial charge < -0.3 is 10.2 Å². The number of benzene rings is 1. The van der Waals surface area contributed by atoms with E-state index in [1.165, 1.54) is 19.1 Å². The molecular weight excluding hydrogens is 175 g/mol. The van der Waals surface area contributed by atoms with Crippen molar-refractivity contribution in [2.45, 2.75) is 13.3 Å². The first-order valence-corrected chi connectivity index (χ1v) is 3.71. The molecule has 1 aromatic rings. The summed E-state index contributed by atoms with van der Waals surface area (Å²) in [5, 5.41) is 17.6. The Bertz CT molecular complexity index is 347. The van der Waals surface area contributed by atoms with Crippen LogP contribution < -0.4 is 0 Å². The number of halogens is 1. The maximum absolute atomic E-state index is 13.0. The number of rotatable bonds is 2. The number of aryl methyl sites for hydroxylation is 1. The number of hydrogen-bond acceptors (Lipinski definition) is 2. The van der Waals surface area contributed by atoms with E-state index in [-0.39, 0.29) is 12.0 Å². The van der Waals surface area contributed by atoms with E-state index in [0.717, 1.165) is 0 Å². The van der Waals surface area contributed by atoms with Crippen LogP contribution >= 0.6 is 0 Å². The third-order valence-electron chi connectivity index (χ3n) is 1.73. The number of aromatic hydroxyl groups is 1. The van der Waals surface area contributed by atoms with Crippen LogP contribution in [0.25, 0.3) is 0 Å². The van der Waals surface area contributed by atoms with Gasteiger partial charge in [0.2, 0.25) is 0 Å². The predicted molar refractivity (Wildman–Crippen MR) is 44.1 cm³/mol. The zero-order valence-electron chi connectivity index (χ0n) is 7.04. The van der Waals surface area contributed by atoms with Crippen LogP contribution in [0.5, 0.6) is 5.75 Å². The summed E-state index contributed by atoms with van der Waals surface area (Å²) in [5.41, 5.74) is 0.391. The Hall–Kier alpha value is -1.58. The highest BCUT2D eigenvalue weighted by Gasteiger charge is 2.11. The molecule has 0 heterocycles. The van der Waals surface area contributed by atoms with Gasteiger partial charge in [0.05, 0.1) is 6.42 Å². The van der Waals surface area contributed by atoms with E-state index < -0.39 is 17.5 Å². The lowest BCUT2D eigenvalue weighted by Gasteiger charge is -2.04. The van der Waals surface area contributed by atoms with Gasteiger partial charge in [-0.1, -0.05) is 12.1 Å². The van der Waals surface area contributed by atoms with Gasteiger partial charge in [-0.25, -0.2) is 4.39 Å². The average molecular weight is 184 g/mol. The van der Waals surface area contributed by atoms with Gasteiger partial charge in [-0.15, -0.1) is 0 Å². The van der Waals surface area contributed by atoms with Crippen molar-refractivity contribution in [3.8, 4) is 5.75 Å². The Morgan fingerprint density at radius 3 is 2.69 bits per heavy atom. The van der Waals surface area contributed by atoms with Crippen LogP contribution in [0.2, 0.25) is 0 Å². The number of phenolic OH excluding ortho intramolecular Hbond substituents is 1. The molecule has 0 saturated heterocycles. The number of hydrogen-bond donors (Lipinski definition) is 2. The summed E-state index contributed by atoms with van der Waals surface area (Å²) in [5.74, 6) is -2.42. The summed E-state index contributed by atoms with van der Waals surface area (Å²) in [6.45, 7) is 1.50. The number of carbonyl (C=O) groups is 1. The predicted octanol–water partition coefficient (Wildman–Crippen LogP) is 1.47. The average Bonchev–Trinajstić information content (AvgIpc) is 2.06. The SMILES string of the molecule is Cc1ccc(CC(=O)O)c(O)c1F. The fourth-order valence-corrected chi connectivity index (χ4v) is 1.01. The molecule has 0 aliphatic carbocycles. The number of aliphatic carboxylic acids is 1. The topological polar surface area (TPSA) is 57.5 Å². The first kappa shape index (κ1) is 9.51. The van der Waals surface area contributed by atoms with Crippen LogP contribution in [0.15, 0.2) is 12.1 Å². The lowest BCUT2D eigenvalue weighted by atomic mass is 10.1. The van der Waals surface area contributed by atoms with Crippen LogP contribution in [-0.2, 0) is 11.2 Å². The van der Waals surface area contributed by atoms with Crippen molar-refractivity contribution >= 4 is 5.97 Å². The molecule has 13 heavy (non-hydrogen) atoms. The van der Waals surface area contributed by atoms with Crippen molar-refractivity contribution in [1.29, 1.82) is 0 Å². The monoisotopic (exact) mass is 184 g/mol. The molecule has 0 aliphatic heterocycles. The van der Waals surface area contributed by atoms with E-state index in [1.807, 2.05) is 0 Å². The largest absolute Gasteiger partial charge is 0.505 e. The smallest absolute Gasteiger partial charge is 0.307 e. The molecule has 0 amide bonds. The van der Waals surface area contributed by atoms with Gasteiger partial charge >= 0.3 is 5.97 Å². The number of phenols is 1. The van der Waals surface area contributed by atoms with Crippen LogP contribution in [0.1, 0.15) is 11.1 Å². The van der Waals surface area contributed by atoms with Gasteiger partial charge in [-0.05, 0) is 12.5 Å². The lowest BCUT2D eigenvalue weighted by Crippen LogP contribution is -2.01. The molecule has 0 aromatic heterocycles. The van der Waals surface area contributed by atoms with Gasteiger partial charge in [0.15, 0.2) is 11.6 Å². The summed E-state index contributed by atoms with van der Waals surface area (Å²) in [6.07, 6.45) is -0.372. The van der Waals surface area contributed by atoms with Crippen molar-refractivity contribution in [3.63, 3.8) is 0 Å². The van der Waals surface area contributed by atoms with E-state index in [0.29, 0.717) is 5.56 Å². The molecule has 0 radical (unpaired) electrons. The zero-order valence-corrected chi connectivity index (χ0v) is 7.04. The van der Waals surface area contributed by atoms with Gasteiger partial charge in [0.1, 0.15) is 0 Å². The number of carboxylic acids is 1. The highest BCUT2D eigenvalue weighted by Crippen LogP contribution is 2.24. The molecule has 0 saturated carbocycles. The minimum absolute atomic E-state index is 0.0931. The quantitative estimate of drug-likeness (QED) is 0.731. The first-order valence-electron chi connectivity index (χ1n) is 3.71. The van der Waals surface area contributed by atoms with E-state index in [4.69, 9.17) is 5.11 Å². The third-order valence-corrected chi connectivity index (χ3v) is 1.73. The summed E-state index contributed by atoms with van der Waals surface area (Å²) in [6, 6.07) is 2.84. The maximum Gasteiger partial charge on any atom is 0.307 e. The van der Waals surface area contributed by atoms with E-state index in [1.54, 1.807) is 0 Å². The fraction of sp³-hybridized carbons (Fsp3) is 0.222. The molecular formula is C9H9FO3. The Morgan fingerprint density at radius 2 is 2.15 bits per heavy atom. The van der Waals surface area contributed by atoms with Crippen molar-refractivity contribution in [1.82, 2.24) is 0 Å². The highest BCUT2D eigenvalue weighted by atomic mass is 19.1. The number of carboxylic acid groups (broad SMARTS) is 1. The Kier molecular flexibility index (Phi) is 2.51. The minimum Gasteiger partial charge on any atom is -0.505 e. The summed E-state index contributed by atoms with van der Waals surface area (Å²) < 4.78 is 13.0. The van der Waals surface area contributed by atoms with E-state index >= 15 is 0 Å². The van der Waals surface area contributed by atoms with Crippen LogP contribution in [0.3, 0.4) is 0 Å². The van der Waals surface area contributed by atoms with Crippen LogP contribution in [0.4, 0.5) is 4.39 Å². The van der Waals surface area contributed by atoms with E-state index in [2.05, 4.69) is 0 Å². The lowest BCUT2D eigenvalue weighted by molar-refractivity contribution is -0.136. The molecule has 3 nitrogen and oxygen atoms in total. The molecule has 0 spiro atoms. The maximum atomic E-state index is 13.0. The summed E-state index contributed by atoms with van der Waals surface area (Å²) >= 11 is 0. The van der Waals surface area contributed by atoms with Crippen LogP contribution in [-0.4, -0.2) is 16.2 Å². The van der Waals surface area contributed by atoms with Crippen molar-refractivity contribution in [3.05, 3.63) is 29.1 Å². The third kappa shape index (κ3) is 1.96. The Morgan fingerprint density at radius 1 is 1.54 bits per heavy atom. The van der Waals surface area contributed by atoms with Crippen LogP contribution in [0, 0.1) is 12.7 Å². The van der Waals surface area contributed by atoms with Gasteiger partial charge in [-0.3, -0.25) is 4.79 Å². The second-order valence-electron chi connectivity index (χ2n) is 2.77. The normalized spacial score (nSPS) is 10.0. The second kappa shape index (κ2) is 3.43. The molecule has 4 heteroatoms. The zero-order chi connectivity index (χ0) is 10.0. The van der Waals surface area contributed by atoms with Gasteiger partial charge in [-0.2, -0.15) is 0 Å². The molecule has 2 N–H and O–H groups in total. The molecule has 0 bridgehead atoms. The Labute approximate surface area is 74.4 Å². The molecule has 1 rings (SSSR count). The van der Waals surface area contributed by atoms with Gasteiger partial charge in [0.25, 0.3) is 0 Å². The second-order valence-corrected chi connectivity index (χ2v) is 2.77. The van der Waals surface area contributed by atoms with Crippen molar-refractivity contribution in [2.24, 2.45) is 0 Å². The summed E-state index contributed by atoms with van der Waals surface area (Å²) in [7, 11) is 0. The standard InChI is InChI=1S/C9H9FO3/c1-5-2-3-6(4-7(11)12)9(13)8(5)10/h2-3,13H,4H2,1H3,(H,11,12). The van der Waals surface area contributed by atoms with Crippen molar-refractivity contribution < 1.29 is 19.4 Å². The van der Waals surface area contributed by atoms with Gasteiger partial charge in [0, 0.05) is 5.56 Å². The van der Waals surface area contributed by atoms with E-state index in [9.17, 15) is 14.3 Å². The first-order chi connectivity index (χ1) is 6.02. The summed E-state index contributed by atoms with van der Waals surface area (Å²) in [4.78, 5) is 10.3. The molecule has 0 unspecified atom stereocenters. The molecule has 0 atom stereocenters. The van der Waals surface area contributed by atoms with Crippen molar-refractivity contribution in [2.75, 3.05) is 0 Å². The molecule has 0 fully saturated rings. The fourth-order valence-electron chi connectivity index (χ4n) is 1.01. The minimum atomic E-state index is -1.10. The molecule has 1 aromatic carbocycles. The Balaban J connectivity index is 3.10. The molecule has 0 aliphatic rings. The molecule has 70 valence electrons. The highest BCUT2D eigenvalue weighted by molar-refractivity contribution is 5.71.